The molecular formula is C30H34N6O. The number of hydrogen-bond acceptors (Lipinski definition) is 6. The third-order valence-corrected chi connectivity index (χ3v) is 8.62. The fraction of sp³-hybridized carbons (Fsp3) is 0.400. The number of piperazine rings is 1. The third-order valence-electron chi connectivity index (χ3n) is 8.62. The highest BCUT2D eigenvalue weighted by atomic mass is 16.5. The number of nitrogens with zero attached hydrogens (tertiary/aromatic N) is 4. The molecule has 0 amide bonds. The van der Waals surface area contributed by atoms with Crippen LogP contribution in [0.15, 0.2) is 67.1 Å². The van der Waals surface area contributed by atoms with E-state index in [1.54, 1.807) is 6.33 Å². The lowest BCUT2D eigenvalue weighted by Crippen LogP contribution is -2.56. The van der Waals surface area contributed by atoms with E-state index in [1.165, 1.54) is 51.6 Å². The SMILES string of the molecule is Nc1ncnc2c1c(-c1ccc(Oc3ccccc3)cc1)cn2[C@H]1CC[C@H](N2CCNC3(CC3)C2)CC1. The molecule has 1 aliphatic heterocycles. The summed E-state index contributed by atoms with van der Waals surface area (Å²) in [4.78, 5) is 11.8. The molecule has 3 N–H and O–H groups in total. The number of anilines is 1. The van der Waals surface area contributed by atoms with Gasteiger partial charge in [0, 0.05) is 49.0 Å². The molecule has 37 heavy (non-hydrogen) atoms. The molecule has 0 unspecified atom stereocenters. The number of hydrogen-bond donors (Lipinski definition) is 2. The lowest BCUT2D eigenvalue weighted by molar-refractivity contribution is 0.0977. The van der Waals surface area contributed by atoms with Gasteiger partial charge in [0.25, 0.3) is 0 Å². The van der Waals surface area contributed by atoms with Crippen molar-refractivity contribution in [3.05, 3.63) is 67.1 Å². The number of nitrogen functional groups attached to an aromatic ring is 1. The maximum atomic E-state index is 6.42. The molecule has 2 aromatic heterocycles. The van der Waals surface area contributed by atoms with Crippen LogP contribution in [0, 0.1) is 0 Å². The maximum absolute atomic E-state index is 6.42. The summed E-state index contributed by atoms with van der Waals surface area (Å²) in [6.45, 7) is 3.55. The van der Waals surface area contributed by atoms with Gasteiger partial charge >= 0.3 is 0 Å². The van der Waals surface area contributed by atoms with E-state index >= 15 is 0 Å². The molecule has 1 saturated heterocycles. The summed E-state index contributed by atoms with van der Waals surface area (Å²) in [5.41, 5.74) is 9.97. The minimum Gasteiger partial charge on any atom is -0.457 e. The predicted octanol–water partition coefficient (Wildman–Crippen LogP) is 5.39. The van der Waals surface area contributed by atoms with Crippen LogP contribution in [-0.4, -0.2) is 50.7 Å². The topological polar surface area (TPSA) is 81.2 Å². The fourth-order valence-corrected chi connectivity index (χ4v) is 6.42. The van der Waals surface area contributed by atoms with Crippen molar-refractivity contribution in [1.29, 1.82) is 0 Å². The highest BCUT2D eigenvalue weighted by molar-refractivity contribution is 6.00. The summed E-state index contributed by atoms with van der Waals surface area (Å²) >= 11 is 0. The van der Waals surface area contributed by atoms with E-state index in [1.807, 2.05) is 42.5 Å². The molecule has 0 bridgehead atoms. The second-order valence-corrected chi connectivity index (χ2v) is 11.0. The molecule has 190 valence electrons. The average Bonchev–Trinajstić information content (AvgIpc) is 3.56. The Balaban J connectivity index is 1.12. The first-order chi connectivity index (χ1) is 18.2. The van der Waals surface area contributed by atoms with Crippen LogP contribution in [0.1, 0.15) is 44.6 Å². The van der Waals surface area contributed by atoms with Gasteiger partial charge in [0.1, 0.15) is 29.3 Å². The van der Waals surface area contributed by atoms with E-state index in [0.717, 1.165) is 40.2 Å². The summed E-state index contributed by atoms with van der Waals surface area (Å²) in [5.74, 6) is 2.17. The van der Waals surface area contributed by atoms with Gasteiger partial charge in [-0.1, -0.05) is 30.3 Å². The van der Waals surface area contributed by atoms with E-state index in [-0.39, 0.29) is 0 Å². The van der Waals surface area contributed by atoms with Gasteiger partial charge in [0.15, 0.2) is 0 Å². The Kier molecular flexibility index (Phi) is 5.63. The Labute approximate surface area is 217 Å². The van der Waals surface area contributed by atoms with E-state index < -0.39 is 0 Å². The lowest BCUT2D eigenvalue weighted by Gasteiger charge is -2.42. The molecule has 2 aliphatic carbocycles. The first-order valence-corrected chi connectivity index (χ1v) is 13.6. The smallest absolute Gasteiger partial charge is 0.146 e. The van der Waals surface area contributed by atoms with Gasteiger partial charge in [0.2, 0.25) is 0 Å². The second kappa shape index (κ2) is 9.15. The van der Waals surface area contributed by atoms with Crippen molar-refractivity contribution < 1.29 is 4.74 Å². The number of nitrogens with one attached hydrogen (secondary N) is 1. The van der Waals surface area contributed by atoms with E-state index in [2.05, 4.69) is 38.1 Å². The van der Waals surface area contributed by atoms with Crippen molar-refractivity contribution in [1.82, 2.24) is 24.8 Å². The van der Waals surface area contributed by atoms with Gasteiger partial charge in [-0.05, 0) is 68.4 Å². The number of nitrogens with two attached hydrogens (primary N) is 1. The van der Waals surface area contributed by atoms with Crippen LogP contribution in [0.2, 0.25) is 0 Å². The summed E-state index contributed by atoms with van der Waals surface area (Å²) in [5, 5.41) is 4.70. The van der Waals surface area contributed by atoms with Crippen LogP contribution < -0.4 is 15.8 Å². The van der Waals surface area contributed by atoms with Gasteiger partial charge in [-0.15, -0.1) is 0 Å². The molecule has 7 rings (SSSR count). The molecule has 0 radical (unpaired) electrons. The van der Waals surface area contributed by atoms with Gasteiger partial charge in [-0.25, -0.2) is 9.97 Å². The molecule has 7 nitrogen and oxygen atoms in total. The van der Waals surface area contributed by atoms with Gasteiger partial charge < -0.3 is 20.4 Å². The number of aromatic nitrogens is 3. The first kappa shape index (κ1) is 22.8. The zero-order valence-electron chi connectivity index (χ0n) is 21.1. The van der Waals surface area contributed by atoms with Gasteiger partial charge in [-0.2, -0.15) is 0 Å². The van der Waals surface area contributed by atoms with Crippen molar-refractivity contribution in [3.8, 4) is 22.6 Å². The number of para-hydroxylation sites is 1. The van der Waals surface area contributed by atoms with Gasteiger partial charge in [0.05, 0.1) is 5.39 Å². The normalized spacial score (nSPS) is 23.4. The molecule has 2 aromatic carbocycles. The summed E-state index contributed by atoms with van der Waals surface area (Å²) < 4.78 is 8.36. The zero-order chi connectivity index (χ0) is 24.8. The second-order valence-electron chi connectivity index (χ2n) is 11.0. The minimum atomic E-state index is 0.431. The number of rotatable bonds is 5. The van der Waals surface area contributed by atoms with E-state index in [0.29, 0.717) is 23.4 Å². The number of ether oxygens (including phenoxy) is 1. The Hall–Kier alpha value is -3.42. The maximum Gasteiger partial charge on any atom is 0.146 e. The zero-order valence-corrected chi connectivity index (χ0v) is 21.1. The molecule has 1 spiro atoms. The van der Waals surface area contributed by atoms with Crippen molar-refractivity contribution >= 4 is 16.9 Å². The molecule has 0 atom stereocenters. The monoisotopic (exact) mass is 494 g/mol. The molecule has 3 heterocycles. The lowest BCUT2D eigenvalue weighted by atomic mass is 9.89. The van der Waals surface area contributed by atoms with Crippen LogP contribution in [0.4, 0.5) is 5.82 Å². The van der Waals surface area contributed by atoms with Crippen LogP contribution >= 0.6 is 0 Å². The third kappa shape index (κ3) is 4.36. The Morgan fingerprint density at radius 1 is 0.892 bits per heavy atom. The molecule has 4 aromatic rings. The molecular weight excluding hydrogens is 460 g/mol. The first-order valence-electron chi connectivity index (χ1n) is 13.6. The average molecular weight is 495 g/mol. The van der Waals surface area contributed by atoms with Crippen molar-refractivity contribution in [3.63, 3.8) is 0 Å². The summed E-state index contributed by atoms with van der Waals surface area (Å²) in [6.07, 6.45) is 11.3. The van der Waals surface area contributed by atoms with Crippen molar-refractivity contribution in [2.24, 2.45) is 0 Å². The van der Waals surface area contributed by atoms with Crippen LogP contribution in [0.5, 0.6) is 11.5 Å². The van der Waals surface area contributed by atoms with E-state index in [9.17, 15) is 0 Å². The highest BCUT2D eigenvalue weighted by Crippen LogP contribution is 2.42. The van der Waals surface area contributed by atoms with Crippen LogP contribution in [0.3, 0.4) is 0 Å². The minimum absolute atomic E-state index is 0.431. The highest BCUT2D eigenvalue weighted by Gasteiger charge is 2.46. The summed E-state index contributed by atoms with van der Waals surface area (Å²) in [7, 11) is 0. The van der Waals surface area contributed by atoms with Gasteiger partial charge in [-0.3, -0.25) is 4.90 Å². The van der Waals surface area contributed by atoms with E-state index in [4.69, 9.17) is 15.5 Å². The van der Waals surface area contributed by atoms with Crippen LogP contribution in [-0.2, 0) is 0 Å². The standard InChI is InChI=1S/C30H34N6O/c31-28-27-26(21-6-12-25(13-7-21)37-24-4-2-1-3-5-24)18-36(29(27)33-20-32-28)23-10-8-22(9-11-23)35-17-16-34-30(19-35)14-15-30/h1-7,12-13,18,20,22-23,34H,8-11,14-17,19H2,(H2,31,32,33)/t22-,23-. The molecule has 3 aliphatic rings. The largest absolute Gasteiger partial charge is 0.457 e. The van der Waals surface area contributed by atoms with Crippen LogP contribution in [0.25, 0.3) is 22.2 Å². The number of fused-ring (bicyclic) bond motifs is 1. The predicted molar refractivity (Wildman–Crippen MR) is 147 cm³/mol. The number of benzene rings is 2. The Morgan fingerprint density at radius 3 is 2.38 bits per heavy atom. The summed E-state index contributed by atoms with van der Waals surface area (Å²) in [6, 6.07) is 19.2. The fourth-order valence-electron chi connectivity index (χ4n) is 6.42. The molecule has 3 fully saturated rings. The Morgan fingerprint density at radius 2 is 1.62 bits per heavy atom. The van der Waals surface area contributed by atoms with Crippen molar-refractivity contribution in [2.45, 2.75) is 56.1 Å². The Bertz CT molecular complexity index is 1390. The molecule has 2 saturated carbocycles. The quantitative estimate of drug-likeness (QED) is 0.387. The van der Waals surface area contributed by atoms with Crippen molar-refractivity contribution in [2.75, 3.05) is 25.4 Å². The molecule has 7 heteroatoms.